The van der Waals surface area contributed by atoms with Crippen LogP contribution in [0.15, 0.2) is 11.4 Å². The van der Waals surface area contributed by atoms with Crippen molar-refractivity contribution in [2.75, 3.05) is 32.7 Å². The fourth-order valence-corrected chi connectivity index (χ4v) is 4.98. The zero-order chi connectivity index (χ0) is 19.1. The molecule has 0 spiro atoms. The predicted molar refractivity (Wildman–Crippen MR) is 110 cm³/mol. The molecular formula is C21H33N3O2S. The van der Waals surface area contributed by atoms with Gasteiger partial charge in [-0.05, 0) is 62.7 Å². The van der Waals surface area contributed by atoms with Crippen LogP contribution in [0.4, 0.5) is 0 Å². The van der Waals surface area contributed by atoms with Crippen LogP contribution >= 0.6 is 11.3 Å². The minimum absolute atomic E-state index is 0.0795. The van der Waals surface area contributed by atoms with Crippen molar-refractivity contribution >= 4 is 23.2 Å². The Balaban J connectivity index is 1.50. The van der Waals surface area contributed by atoms with Crippen LogP contribution in [0.5, 0.6) is 0 Å². The van der Waals surface area contributed by atoms with E-state index in [1.165, 1.54) is 10.4 Å². The Kier molecular flexibility index (Phi) is 7.70. The van der Waals surface area contributed by atoms with Crippen molar-refractivity contribution in [2.24, 2.45) is 5.92 Å². The quantitative estimate of drug-likeness (QED) is 0.861. The third kappa shape index (κ3) is 6.04. The van der Waals surface area contributed by atoms with Crippen molar-refractivity contribution in [3.63, 3.8) is 0 Å². The Bertz CT molecular complexity index is 623. The maximum absolute atomic E-state index is 13.1. The molecule has 27 heavy (non-hydrogen) atoms. The van der Waals surface area contributed by atoms with Gasteiger partial charge in [-0.3, -0.25) is 14.5 Å². The van der Waals surface area contributed by atoms with Gasteiger partial charge in [-0.1, -0.05) is 12.8 Å². The molecule has 2 aliphatic rings. The van der Waals surface area contributed by atoms with E-state index in [9.17, 15) is 9.59 Å². The van der Waals surface area contributed by atoms with Crippen molar-refractivity contribution in [2.45, 2.75) is 58.4 Å². The molecule has 2 saturated heterocycles. The number of thiophene rings is 1. The number of carbonyl (C=O) groups is 2. The topological polar surface area (TPSA) is 52.7 Å². The maximum Gasteiger partial charge on any atom is 0.225 e. The van der Waals surface area contributed by atoms with Gasteiger partial charge in [0.25, 0.3) is 0 Å². The highest BCUT2D eigenvalue weighted by Crippen LogP contribution is 2.24. The monoisotopic (exact) mass is 391 g/mol. The lowest BCUT2D eigenvalue weighted by Crippen LogP contribution is -2.43. The summed E-state index contributed by atoms with van der Waals surface area (Å²) in [6, 6.07) is 2.18. The van der Waals surface area contributed by atoms with Crippen LogP contribution < -0.4 is 5.32 Å². The molecule has 1 aromatic heterocycles. The minimum atomic E-state index is 0.0795. The van der Waals surface area contributed by atoms with Crippen LogP contribution in [0.1, 0.15) is 55.4 Å². The molecule has 0 aliphatic carbocycles. The van der Waals surface area contributed by atoms with Gasteiger partial charge in [-0.15, -0.1) is 11.3 Å². The molecule has 0 unspecified atom stereocenters. The number of hydrogen-bond acceptors (Lipinski definition) is 4. The lowest BCUT2D eigenvalue weighted by Gasteiger charge is -2.34. The van der Waals surface area contributed by atoms with E-state index in [1.807, 2.05) is 16.2 Å². The first-order valence-electron chi connectivity index (χ1n) is 10.4. The second kappa shape index (κ2) is 10.2. The average molecular weight is 392 g/mol. The Morgan fingerprint density at radius 3 is 2.67 bits per heavy atom. The highest BCUT2D eigenvalue weighted by atomic mass is 32.1. The number of amides is 2. The van der Waals surface area contributed by atoms with E-state index in [1.54, 1.807) is 0 Å². The number of aryl methyl sites for hydroxylation is 1. The summed E-state index contributed by atoms with van der Waals surface area (Å²) in [7, 11) is 0. The lowest BCUT2D eigenvalue weighted by atomic mass is 9.94. The van der Waals surface area contributed by atoms with E-state index in [0.29, 0.717) is 13.0 Å². The summed E-state index contributed by atoms with van der Waals surface area (Å²) in [6.45, 7) is 7.31. The second-order valence-electron chi connectivity index (χ2n) is 7.92. The number of piperidine rings is 1. The summed E-state index contributed by atoms with van der Waals surface area (Å²) >= 11 is 1.83. The Morgan fingerprint density at radius 2 is 1.93 bits per heavy atom. The standard InChI is InChI=1S/C21H33N3O2S/c1-17-9-15-27-19(17)16-23-12-6-18(7-13-23)21(26)24-11-5-3-2-4-10-22-20(25)8-14-24/h9,15,18H,2-8,10-14,16H2,1H3,(H,22,25). The molecule has 2 aliphatic heterocycles. The van der Waals surface area contributed by atoms with Crippen molar-refractivity contribution in [1.29, 1.82) is 0 Å². The summed E-state index contributed by atoms with van der Waals surface area (Å²) in [6.07, 6.45) is 6.67. The fourth-order valence-electron chi connectivity index (χ4n) is 4.03. The summed E-state index contributed by atoms with van der Waals surface area (Å²) in [5, 5.41) is 5.13. The molecule has 6 heteroatoms. The van der Waals surface area contributed by atoms with Crippen LogP contribution in [0.25, 0.3) is 0 Å². The first-order chi connectivity index (χ1) is 13.1. The van der Waals surface area contributed by atoms with Gasteiger partial charge in [-0.25, -0.2) is 0 Å². The van der Waals surface area contributed by atoms with E-state index in [0.717, 1.165) is 71.2 Å². The Morgan fingerprint density at radius 1 is 1.15 bits per heavy atom. The molecule has 0 bridgehead atoms. The number of carbonyl (C=O) groups excluding carboxylic acids is 2. The third-order valence-electron chi connectivity index (χ3n) is 5.87. The van der Waals surface area contributed by atoms with E-state index in [-0.39, 0.29) is 17.7 Å². The Labute approximate surface area is 167 Å². The van der Waals surface area contributed by atoms with Gasteiger partial charge in [-0.2, -0.15) is 0 Å². The zero-order valence-corrected chi connectivity index (χ0v) is 17.4. The number of likely N-dealkylation sites (tertiary alicyclic amines) is 1. The molecule has 150 valence electrons. The van der Waals surface area contributed by atoms with Crippen LogP contribution in [-0.4, -0.2) is 54.3 Å². The smallest absolute Gasteiger partial charge is 0.225 e. The molecule has 1 aromatic rings. The molecule has 0 atom stereocenters. The van der Waals surface area contributed by atoms with E-state index >= 15 is 0 Å². The maximum atomic E-state index is 13.1. The van der Waals surface area contributed by atoms with Gasteiger partial charge in [0.2, 0.25) is 11.8 Å². The molecular weight excluding hydrogens is 358 g/mol. The third-order valence-corrected chi connectivity index (χ3v) is 6.88. The van der Waals surface area contributed by atoms with Crippen molar-refractivity contribution < 1.29 is 9.59 Å². The van der Waals surface area contributed by atoms with Gasteiger partial charge < -0.3 is 10.2 Å². The van der Waals surface area contributed by atoms with Crippen LogP contribution in [0.2, 0.25) is 0 Å². The molecule has 0 radical (unpaired) electrons. The SMILES string of the molecule is Cc1ccsc1CN1CCC(C(=O)N2CCCCCCNC(=O)CC2)CC1. The van der Waals surface area contributed by atoms with Crippen molar-refractivity contribution in [1.82, 2.24) is 15.1 Å². The second-order valence-corrected chi connectivity index (χ2v) is 8.92. The molecule has 5 nitrogen and oxygen atoms in total. The Hall–Kier alpha value is -1.40. The average Bonchev–Trinajstić information content (AvgIpc) is 3.05. The van der Waals surface area contributed by atoms with E-state index < -0.39 is 0 Å². The van der Waals surface area contributed by atoms with Gasteiger partial charge in [0.1, 0.15) is 0 Å². The van der Waals surface area contributed by atoms with Crippen LogP contribution in [-0.2, 0) is 16.1 Å². The summed E-state index contributed by atoms with van der Waals surface area (Å²) < 4.78 is 0. The lowest BCUT2D eigenvalue weighted by molar-refractivity contribution is -0.137. The van der Waals surface area contributed by atoms with Crippen LogP contribution in [0.3, 0.4) is 0 Å². The number of nitrogens with one attached hydrogen (secondary N) is 1. The summed E-state index contributed by atoms with van der Waals surface area (Å²) in [5.74, 6) is 0.476. The van der Waals surface area contributed by atoms with E-state index in [2.05, 4.69) is 28.6 Å². The number of hydrogen-bond donors (Lipinski definition) is 1. The molecule has 2 fully saturated rings. The highest BCUT2D eigenvalue weighted by Gasteiger charge is 2.29. The van der Waals surface area contributed by atoms with Crippen LogP contribution in [0, 0.1) is 12.8 Å². The number of nitrogens with zero attached hydrogens (tertiary/aromatic N) is 2. The molecule has 0 saturated carbocycles. The normalized spacial score (nSPS) is 21.5. The van der Waals surface area contributed by atoms with Gasteiger partial charge >= 0.3 is 0 Å². The molecule has 3 heterocycles. The van der Waals surface area contributed by atoms with Gasteiger partial charge in [0, 0.05) is 43.4 Å². The summed E-state index contributed by atoms with van der Waals surface area (Å²) in [4.78, 5) is 30.9. The molecule has 0 aromatic carbocycles. The van der Waals surface area contributed by atoms with Gasteiger partial charge in [0.05, 0.1) is 0 Å². The van der Waals surface area contributed by atoms with E-state index in [4.69, 9.17) is 0 Å². The zero-order valence-electron chi connectivity index (χ0n) is 16.5. The molecule has 3 rings (SSSR count). The number of rotatable bonds is 3. The fraction of sp³-hybridized carbons (Fsp3) is 0.714. The highest BCUT2D eigenvalue weighted by molar-refractivity contribution is 7.10. The summed E-state index contributed by atoms with van der Waals surface area (Å²) in [5.41, 5.74) is 1.38. The minimum Gasteiger partial charge on any atom is -0.356 e. The largest absolute Gasteiger partial charge is 0.356 e. The van der Waals surface area contributed by atoms with Crippen molar-refractivity contribution in [3.8, 4) is 0 Å². The van der Waals surface area contributed by atoms with Crippen molar-refractivity contribution in [3.05, 3.63) is 21.9 Å². The molecule has 2 amide bonds. The first kappa shape index (κ1) is 20.3. The van der Waals surface area contributed by atoms with Gasteiger partial charge in [0.15, 0.2) is 0 Å². The first-order valence-corrected chi connectivity index (χ1v) is 11.3. The predicted octanol–water partition coefficient (Wildman–Crippen LogP) is 3.18. The molecule has 1 N–H and O–H groups in total.